The molecule has 2 aromatic heterocycles. The molecule has 0 fully saturated rings. The van der Waals surface area contributed by atoms with E-state index in [9.17, 15) is 0 Å². The van der Waals surface area contributed by atoms with Gasteiger partial charge < -0.3 is 9.84 Å². The Hall–Kier alpha value is -3.41. The van der Waals surface area contributed by atoms with Crippen LogP contribution in [0.5, 0.6) is 0 Å². The third-order valence-electron chi connectivity index (χ3n) is 5.17. The van der Waals surface area contributed by atoms with Gasteiger partial charge in [-0.05, 0) is 30.2 Å². The van der Waals surface area contributed by atoms with Gasteiger partial charge in [0.1, 0.15) is 5.69 Å². The maximum absolute atomic E-state index is 6.09. The van der Waals surface area contributed by atoms with E-state index >= 15 is 0 Å². The maximum atomic E-state index is 6.09. The number of benzene rings is 3. The highest BCUT2D eigenvalue weighted by molar-refractivity contribution is 7.19. The van der Waals surface area contributed by atoms with Crippen molar-refractivity contribution in [1.82, 2.24) is 10.1 Å². The first-order valence-electron chi connectivity index (χ1n) is 10.2. The average molecular weight is 458 g/mol. The summed E-state index contributed by atoms with van der Waals surface area (Å²) in [5, 5.41) is 9.17. The predicted molar refractivity (Wildman–Crippen MR) is 132 cm³/mol. The second-order valence-corrected chi connectivity index (χ2v) is 8.85. The second kappa shape index (κ2) is 8.99. The highest BCUT2D eigenvalue weighted by atomic mass is 35.5. The highest BCUT2D eigenvalue weighted by Gasteiger charge is 2.16. The summed E-state index contributed by atoms with van der Waals surface area (Å²) >= 11 is 7.71. The normalized spacial score (nSPS) is 10.9. The van der Waals surface area contributed by atoms with E-state index in [1.165, 1.54) is 5.56 Å². The van der Waals surface area contributed by atoms with Gasteiger partial charge >= 0.3 is 0 Å². The molecule has 0 aliphatic rings. The molecule has 0 saturated heterocycles. The Morgan fingerprint density at radius 1 is 0.906 bits per heavy atom. The van der Waals surface area contributed by atoms with Crippen molar-refractivity contribution in [2.45, 2.75) is 13.5 Å². The predicted octanol–water partition coefficient (Wildman–Crippen LogP) is 7.71. The largest absolute Gasteiger partial charge is 0.359 e. The molecule has 6 heteroatoms. The van der Waals surface area contributed by atoms with Crippen LogP contribution in [0.1, 0.15) is 11.3 Å². The number of thiazole rings is 1. The maximum Gasteiger partial charge on any atom is 0.184 e. The molecule has 0 unspecified atom stereocenters. The molecule has 5 aromatic rings. The number of nitrogens with zero attached hydrogens (tertiary/aromatic N) is 2. The third-order valence-corrected chi connectivity index (χ3v) is 6.49. The topological polar surface area (TPSA) is 51.0 Å². The average Bonchev–Trinajstić information content (AvgIpc) is 3.47. The van der Waals surface area contributed by atoms with E-state index in [0.29, 0.717) is 11.6 Å². The van der Waals surface area contributed by atoms with Crippen LogP contribution in [-0.4, -0.2) is 10.1 Å². The van der Waals surface area contributed by atoms with Gasteiger partial charge in [0, 0.05) is 22.2 Å². The van der Waals surface area contributed by atoms with E-state index in [0.717, 1.165) is 43.8 Å². The smallest absolute Gasteiger partial charge is 0.184 e. The van der Waals surface area contributed by atoms with Crippen LogP contribution in [0, 0.1) is 6.92 Å². The lowest BCUT2D eigenvalue weighted by atomic mass is 10.1. The number of hydrogen-bond acceptors (Lipinski definition) is 5. The van der Waals surface area contributed by atoms with E-state index in [-0.39, 0.29) is 0 Å². The fourth-order valence-electron chi connectivity index (χ4n) is 3.53. The highest BCUT2D eigenvalue weighted by Crippen LogP contribution is 2.39. The lowest BCUT2D eigenvalue weighted by molar-refractivity contribution is 0.390. The van der Waals surface area contributed by atoms with Crippen molar-refractivity contribution in [2.75, 3.05) is 5.32 Å². The van der Waals surface area contributed by atoms with Crippen LogP contribution in [0.3, 0.4) is 0 Å². The summed E-state index contributed by atoms with van der Waals surface area (Å²) in [6.07, 6.45) is 0. The minimum absolute atomic E-state index is 0.501. The first-order chi connectivity index (χ1) is 15.7. The molecule has 1 N–H and O–H groups in total. The van der Waals surface area contributed by atoms with Crippen LogP contribution >= 0.6 is 22.9 Å². The number of hydrogen-bond donors (Lipinski definition) is 1. The molecular weight excluding hydrogens is 438 g/mol. The molecule has 3 aromatic carbocycles. The fraction of sp³-hybridized carbons (Fsp3) is 0.0769. The summed E-state index contributed by atoms with van der Waals surface area (Å²) in [7, 11) is 0. The summed E-state index contributed by atoms with van der Waals surface area (Å²) < 4.78 is 5.56. The molecule has 0 amide bonds. The van der Waals surface area contributed by atoms with Gasteiger partial charge in [0.15, 0.2) is 10.9 Å². The zero-order chi connectivity index (χ0) is 21.9. The van der Waals surface area contributed by atoms with E-state index in [1.54, 1.807) is 11.3 Å². The van der Waals surface area contributed by atoms with Gasteiger partial charge in [0.05, 0.1) is 17.1 Å². The molecule has 0 atom stereocenters. The van der Waals surface area contributed by atoms with Crippen molar-refractivity contribution in [3.8, 4) is 33.0 Å². The Bertz CT molecular complexity index is 1340. The zero-order valence-electron chi connectivity index (χ0n) is 17.4. The molecule has 0 saturated carbocycles. The lowest BCUT2D eigenvalue weighted by Gasteiger charge is -2.02. The summed E-state index contributed by atoms with van der Waals surface area (Å²) in [5.41, 5.74) is 6.17. The molecule has 158 valence electrons. The van der Waals surface area contributed by atoms with Crippen LogP contribution < -0.4 is 5.32 Å². The van der Waals surface area contributed by atoms with E-state index < -0.39 is 0 Å². The van der Waals surface area contributed by atoms with Gasteiger partial charge in [-0.3, -0.25) is 0 Å². The number of rotatable bonds is 6. The zero-order valence-corrected chi connectivity index (χ0v) is 19.0. The second-order valence-electron chi connectivity index (χ2n) is 7.42. The molecular formula is C26H20ClN3OS. The number of halogens is 1. The van der Waals surface area contributed by atoms with E-state index in [2.05, 4.69) is 41.7 Å². The summed E-state index contributed by atoms with van der Waals surface area (Å²) in [6, 6.07) is 28.2. The summed E-state index contributed by atoms with van der Waals surface area (Å²) in [4.78, 5) is 5.99. The summed E-state index contributed by atoms with van der Waals surface area (Å²) in [5.74, 6) is 0.757. The molecule has 2 heterocycles. The number of aryl methyl sites for hydroxylation is 1. The standard InChI is InChI=1S/C26H20ClN3OS/c1-17-7-5-6-10-22(17)23-15-21(31-30-23)16-28-26-29-24(18-11-13-20(27)14-12-18)25(32-26)19-8-3-2-4-9-19/h2-15H,16H2,1H3,(H,28,29). The first kappa shape index (κ1) is 20.5. The number of anilines is 1. The molecule has 4 nitrogen and oxygen atoms in total. The van der Waals surface area contributed by atoms with Crippen LogP contribution in [-0.2, 0) is 6.54 Å². The Kier molecular flexibility index (Phi) is 5.75. The van der Waals surface area contributed by atoms with Crippen molar-refractivity contribution in [1.29, 1.82) is 0 Å². The third kappa shape index (κ3) is 4.31. The van der Waals surface area contributed by atoms with E-state index in [1.807, 2.05) is 60.7 Å². The van der Waals surface area contributed by atoms with E-state index in [4.69, 9.17) is 21.1 Å². The minimum Gasteiger partial charge on any atom is -0.359 e. The SMILES string of the molecule is Cc1ccccc1-c1cc(CNc2nc(-c3ccc(Cl)cc3)c(-c3ccccc3)s2)on1. The van der Waals surface area contributed by atoms with Crippen LogP contribution in [0.2, 0.25) is 5.02 Å². The molecule has 5 rings (SSSR count). The Labute approximate surface area is 195 Å². The Balaban J connectivity index is 1.41. The van der Waals surface area contributed by atoms with Gasteiger partial charge in [-0.1, -0.05) is 94.8 Å². The number of nitrogens with one attached hydrogen (secondary N) is 1. The molecule has 0 bridgehead atoms. The molecule has 32 heavy (non-hydrogen) atoms. The number of aromatic nitrogens is 2. The van der Waals surface area contributed by atoms with Crippen molar-refractivity contribution in [2.24, 2.45) is 0 Å². The Morgan fingerprint density at radius 3 is 2.44 bits per heavy atom. The van der Waals surface area contributed by atoms with Crippen LogP contribution in [0.4, 0.5) is 5.13 Å². The monoisotopic (exact) mass is 457 g/mol. The van der Waals surface area contributed by atoms with Crippen LogP contribution in [0.15, 0.2) is 89.5 Å². The molecule has 0 aliphatic heterocycles. The van der Waals surface area contributed by atoms with Crippen molar-refractivity contribution in [3.63, 3.8) is 0 Å². The van der Waals surface area contributed by atoms with Crippen LogP contribution in [0.25, 0.3) is 33.0 Å². The van der Waals surface area contributed by atoms with Gasteiger partial charge in [0.2, 0.25) is 0 Å². The van der Waals surface area contributed by atoms with Crippen molar-refractivity contribution in [3.05, 3.63) is 101 Å². The summed E-state index contributed by atoms with van der Waals surface area (Å²) in [6.45, 7) is 2.57. The minimum atomic E-state index is 0.501. The van der Waals surface area contributed by atoms with Crippen molar-refractivity contribution < 1.29 is 4.52 Å². The van der Waals surface area contributed by atoms with Gasteiger partial charge in [0.25, 0.3) is 0 Å². The first-order valence-corrected chi connectivity index (χ1v) is 11.4. The van der Waals surface area contributed by atoms with Gasteiger partial charge in [-0.25, -0.2) is 4.98 Å². The molecule has 0 aliphatic carbocycles. The fourth-order valence-corrected chi connectivity index (χ4v) is 4.65. The van der Waals surface area contributed by atoms with Gasteiger partial charge in [-0.15, -0.1) is 0 Å². The lowest BCUT2D eigenvalue weighted by Crippen LogP contribution is -1.97. The van der Waals surface area contributed by atoms with Crippen molar-refractivity contribution >= 4 is 28.1 Å². The molecule has 0 radical (unpaired) electrons. The quantitative estimate of drug-likeness (QED) is 0.283. The van der Waals surface area contributed by atoms with Gasteiger partial charge in [-0.2, -0.15) is 0 Å². The Morgan fingerprint density at radius 2 is 1.66 bits per heavy atom. The molecule has 0 spiro atoms.